The van der Waals surface area contributed by atoms with E-state index < -0.39 is 0 Å². The van der Waals surface area contributed by atoms with Crippen LogP contribution in [0.15, 0.2) is 54.9 Å². The molecular formula is C20H17FN4OS. The van der Waals surface area contributed by atoms with Gasteiger partial charge >= 0.3 is 0 Å². The fourth-order valence-corrected chi connectivity index (χ4v) is 4.87. The topological polar surface area (TPSA) is 53.7 Å². The summed E-state index contributed by atoms with van der Waals surface area (Å²) in [6, 6.07) is 14.8. The fraction of sp³-hybridized carbons (Fsp3) is 0.200. The minimum Gasteiger partial charge on any atom is -0.492 e. The van der Waals surface area contributed by atoms with Gasteiger partial charge < -0.3 is 5.11 Å². The van der Waals surface area contributed by atoms with Crippen molar-refractivity contribution in [2.24, 2.45) is 0 Å². The van der Waals surface area contributed by atoms with E-state index in [0.717, 1.165) is 30.0 Å². The molecule has 1 N–H and O–H groups in total. The Morgan fingerprint density at radius 2 is 1.85 bits per heavy atom. The average molecular weight is 380 g/mol. The molecule has 1 atom stereocenters. The average Bonchev–Trinajstić information content (AvgIpc) is 3.27. The highest BCUT2D eigenvalue weighted by atomic mass is 32.1. The van der Waals surface area contributed by atoms with E-state index in [1.54, 1.807) is 12.1 Å². The lowest BCUT2D eigenvalue weighted by Gasteiger charge is -2.35. The second-order valence-electron chi connectivity index (χ2n) is 6.69. The van der Waals surface area contributed by atoms with Crippen molar-refractivity contribution in [3.8, 4) is 5.88 Å². The van der Waals surface area contributed by atoms with Gasteiger partial charge in [0, 0.05) is 13.1 Å². The second kappa shape index (κ2) is 6.44. The number of benzene rings is 2. The molecule has 1 aliphatic heterocycles. The Kier molecular flexibility index (Phi) is 3.91. The number of hydrogen-bond donors (Lipinski definition) is 1. The van der Waals surface area contributed by atoms with Crippen molar-refractivity contribution in [2.75, 3.05) is 6.54 Å². The highest BCUT2D eigenvalue weighted by Crippen LogP contribution is 2.41. The van der Waals surface area contributed by atoms with Crippen molar-refractivity contribution in [2.45, 2.75) is 19.0 Å². The summed E-state index contributed by atoms with van der Waals surface area (Å²) in [6.45, 7) is 1.62. The third-order valence-electron chi connectivity index (χ3n) is 5.10. The standard InChI is InChI=1S/C20H17FN4OS/c21-16-7-5-14(6-8-16)17(18-19(26)25-20(27-18)22-12-23-25)24-10-9-13-3-1-2-4-15(13)11-24/h1-8,12,17,26H,9-11H2/t17-/m0/s1. The molecule has 3 heterocycles. The number of aromatic hydroxyl groups is 1. The van der Waals surface area contributed by atoms with Crippen molar-refractivity contribution in [1.29, 1.82) is 0 Å². The van der Waals surface area contributed by atoms with Gasteiger partial charge in [-0.3, -0.25) is 4.90 Å². The zero-order chi connectivity index (χ0) is 18.4. The first-order valence-corrected chi connectivity index (χ1v) is 9.60. The molecule has 5 nitrogen and oxygen atoms in total. The van der Waals surface area contributed by atoms with Crippen LogP contribution in [-0.4, -0.2) is 31.1 Å². The lowest BCUT2D eigenvalue weighted by molar-refractivity contribution is 0.205. The summed E-state index contributed by atoms with van der Waals surface area (Å²) in [6.07, 6.45) is 2.37. The monoisotopic (exact) mass is 380 g/mol. The molecule has 1 aliphatic rings. The smallest absolute Gasteiger partial charge is 0.230 e. The Morgan fingerprint density at radius 1 is 1.07 bits per heavy atom. The molecule has 0 saturated heterocycles. The predicted molar refractivity (Wildman–Crippen MR) is 101 cm³/mol. The molecule has 0 saturated carbocycles. The maximum atomic E-state index is 13.5. The number of fused-ring (bicyclic) bond motifs is 2. The predicted octanol–water partition coefficient (Wildman–Crippen LogP) is 3.78. The second-order valence-corrected chi connectivity index (χ2v) is 7.70. The Labute approximate surface area is 159 Å². The van der Waals surface area contributed by atoms with Crippen LogP contribution in [0.5, 0.6) is 5.88 Å². The lowest BCUT2D eigenvalue weighted by Crippen LogP contribution is -2.34. The Bertz CT molecular complexity index is 1100. The largest absolute Gasteiger partial charge is 0.492 e. The first kappa shape index (κ1) is 16.4. The van der Waals surface area contributed by atoms with Crippen LogP contribution in [0.1, 0.15) is 27.6 Å². The van der Waals surface area contributed by atoms with E-state index in [0.29, 0.717) is 4.96 Å². The van der Waals surface area contributed by atoms with E-state index in [-0.39, 0.29) is 17.7 Å². The lowest BCUT2D eigenvalue weighted by atomic mass is 9.96. The van der Waals surface area contributed by atoms with Crippen LogP contribution in [-0.2, 0) is 13.0 Å². The molecule has 0 amide bonds. The molecule has 7 heteroatoms. The highest BCUT2D eigenvalue weighted by Gasteiger charge is 2.31. The van der Waals surface area contributed by atoms with Gasteiger partial charge in [0.1, 0.15) is 12.1 Å². The van der Waals surface area contributed by atoms with Gasteiger partial charge in [0.2, 0.25) is 10.8 Å². The van der Waals surface area contributed by atoms with Gasteiger partial charge in [-0.05, 0) is 35.2 Å². The fourth-order valence-electron chi connectivity index (χ4n) is 3.78. The van der Waals surface area contributed by atoms with Crippen molar-refractivity contribution in [3.63, 3.8) is 0 Å². The number of aromatic nitrogens is 3. The van der Waals surface area contributed by atoms with Crippen LogP contribution in [0.2, 0.25) is 0 Å². The summed E-state index contributed by atoms with van der Waals surface area (Å²) in [5.41, 5.74) is 3.59. The van der Waals surface area contributed by atoms with Gasteiger partial charge in [0.15, 0.2) is 0 Å². The van der Waals surface area contributed by atoms with Gasteiger partial charge in [-0.25, -0.2) is 9.37 Å². The van der Waals surface area contributed by atoms with Gasteiger partial charge in [-0.15, -0.1) is 0 Å². The Hall–Kier alpha value is -2.77. The molecule has 0 bridgehead atoms. The molecule has 5 rings (SSSR count). The van der Waals surface area contributed by atoms with E-state index in [2.05, 4.69) is 39.2 Å². The summed E-state index contributed by atoms with van der Waals surface area (Å²) in [5, 5.41) is 14.9. The van der Waals surface area contributed by atoms with Crippen LogP contribution >= 0.6 is 11.3 Å². The molecule has 0 spiro atoms. The zero-order valence-corrected chi connectivity index (χ0v) is 15.2. The van der Waals surface area contributed by atoms with E-state index in [1.165, 1.54) is 45.4 Å². The van der Waals surface area contributed by atoms with E-state index >= 15 is 0 Å². The molecular weight excluding hydrogens is 363 g/mol. The number of thiazole rings is 1. The summed E-state index contributed by atoms with van der Waals surface area (Å²) in [7, 11) is 0. The molecule has 0 radical (unpaired) electrons. The van der Waals surface area contributed by atoms with E-state index in [4.69, 9.17) is 0 Å². The maximum absolute atomic E-state index is 13.5. The molecule has 0 aliphatic carbocycles. The Balaban J connectivity index is 1.61. The molecule has 0 fully saturated rings. The summed E-state index contributed by atoms with van der Waals surface area (Å²) < 4.78 is 15.0. The van der Waals surface area contributed by atoms with Crippen LogP contribution < -0.4 is 0 Å². The number of nitrogens with zero attached hydrogens (tertiary/aromatic N) is 4. The Morgan fingerprint density at radius 3 is 2.63 bits per heavy atom. The van der Waals surface area contributed by atoms with Gasteiger partial charge in [0.25, 0.3) is 0 Å². The molecule has 136 valence electrons. The normalized spacial score (nSPS) is 15.7. The quantitative estimate of drug-likeness (QED) is 0.588. The first-order valence-electron chi connectivity index (χ1n) is 8.78. The molecule has 2 aromatic carbocycles. The number of hydrogen-bond acceptors (Lipinski definition) is 5. The summed E-state index contributed by atoms with van der Waals surface area (Å²) in [4.78, 5) is 7.94. The summed E-state index contributed by atoms with van der Waals surface area (Å²) in [5.74, 6) is -0.172. The maximum Gasteiger partial charge on any atom is 0.230 e. The van der Waals surface area contributed by atoms with Gasteiger partial charge in [-0.2, -0.15) is 9.61 Å². The highest BCUT2D eigenvalue weighted by molar-refractivity contribution is 7.17. The van der Waals surface area contributed by atoms with Crippen molar-refractivity contribution in [1.82, 2.24) is 19.5 Å². The third kappa shape index (κ3) is 2.79. The van der Waals surface area contributed by atoms with Crippen LogP contribution in [0, 0.1) is 5.82 Å². The minimum atomic E-state index is -0.270. The number of rotatable bonds is 3. The zero-order valence-electron chi connectivity index (χ0n) is 14.4. The van der Waals surface area contributed by atoms with E-state index in [1.807, 2.05) is 0 Å². The van der Waals surface area contributed by atoms with Crippen molar-refractivity contribution < 1.29 is 9.50 Å². The van der Waals surface area contributed by atoms with Crippen molar-refractivity contribution in [3.05, 3.63) is 82.2 Å². The van der Waals surface area contributed by atoms with Crippen LogP contribution in [0.25, 0.3) is 4.96 Å². The molecule has 4 aromatic rings. The van der Waals surface area contributed by atoms with Crippen LogP contribution in [0.4, 0.5) is 4.39 Å². The van der Waals surface area contributed by atoms with Crippen LogP contribution in [0.3, 0.4) is 0 Å². The molecule has 27 heavy (non-hydrogen) atoms. The molecule has 2 aromatic heterocycles. The minimum absolute atomic E-state index is 0.0979. The summed E-state index contributed by atoms with van der Waals surface area (Å²) >= 11 is 1.42. The SMILES string of the molecule is Oc1c([C@H](c2ccc(F)cc2)N2CCc3ccccc3C2)sc2ncnn12. The van der Waals surface area contributed by atoms with E-state index in [9.17, 15) is 9.50 Å². The van der Waals surface area contributed by atoms with Crippen molar-refractivity contribution >= 4 is 16.3 Å². The third-order valence-corrected chi connectivity index (χ3v) is 6.18. The first-order chi connectivity index (χ1) is 13.2. The van der Waals surface area contributed by atoms with Gasteiger partial charge in [0.05, 0.1) is 10.9 Å². The number of halogens is 1. The van der Waals surface area contributed by atoms with Gasteiger partial charge in [-0.1, -0.05) is 47.7 Å². The molecule has 0 unspecified atom stereocenters.